The zero-order valence-corrected chi connectivity index (χ0v) is 12.7. The number of rotatable bonds is 5. The lowest BCUT2D eigenvalue weighted by molar-refractivity contribution is -0.234. The Morgan fingerprint density at radius 2 is 1.70 bits per heavy atom. The minimum atomic E-state index is -2.06. The summed E-state index contributed by atoms with van der Waals surface area (Å²) in [4.78, 5) is 35.7. The van der Waals surface area contributed by atoms with Crippen molar-refractivity contribution in [3.63, 3.8) is 0 Å². The molecule has 1 rings (SSSR count). The largest absolute Gasteiger partial charge is 0.463 e. The van der Waals surface area contributed by atoms with Gasteiger partial charge in [-0.3, -0.25) is 14.4 Å². The minimum absolute atomic E-state index is 0.408. The van der Waals surface area contributed by atoms with Gasteiger partial charge in [-0.2, -0.15) is 0 Å². The molecule has 1 aliphatic heterocycles. The SMILES string of the molecule is CC(=O)OC[C@H]1OC(N=[N+]=[N-])[C@H]([18F])[C@@H](OC(C)=O)[C@@H]1OC(C)=O. The fourth-order valence-electron chi connectivity index (χ4n) is 2.02. The monoisotopic (exact) mass is 332 g/mol. The summed E-state index contributed by atoms with van der Waals surface area (Å²) < 4.78 is 34.1. The summed E-state index contributed by atoms with van der Waals surface area (Å²) in [6, 6.07) is 0. The first-order valence-electron chi connectivity index (χ1n) is 6.57. The fourth-order valence-corrected chi connectivity index (χ4v) is 2.02. The van der Waals surface area contributed by atoms with Crippen LogP contribution in [0.1, 0.15) is 20.8 Å². The summed E-state index contributed by atoms with van der Waals surface area (Å²) in [5.41, 5.74) is 8.45. The average molecular weight is 332 g/mol. The van der Waals surface area contributed by atoms with Gasteiger partial charge in [-0.05, 0) is 5.53 Å². The van der Waals surface area contributed by atoms with E-state index in [1.54, 1.807) is 0 Å². The molecule has 0 bridgehead atoms. The number of hydrogen-bond donors (Lipinski definition) is 0. The Kier molecular flexibility index (Phi) is 6.73. The highest BCUT2D eigenvalue weighted by molar-refractivity contribution is 5.67. The Morgan fingerprint density at radius 1 is 1.13 bits per heavy atom. The van der Waals surface area contributed by atoms with Crippen LogP contribution in [0.25, 0.3) is 10.4 Å². The third-order valence-electron chi connectivity index (χ3n) is 2.81. The van der Waals surface area contributed by atoms with Crippen molar-refractivity contribution < 1.29 is 37.7 Å². The summed E-state index contributed by atoms with van der Waals surface area (Å²) in [6.07, 6.45) is -7.80. The highest BCUT2D eigenvalue weighted by atomic mass is 18.2. The number of carbonyl (C=O) groups is 3. The minimum Gasteiger partial charge on any atom is -0.463 e. The predicted octanol–water partition coefficient (Wildman–Crippen LogP) is 0.786. The second-order valence-corrected chi connectivity index (χ2v) is 4.67. The first kappa shape index (κ1) is 18.7. The lowest BCUT2D eigenvalue weighted by atomic mass is 9.98. The molecule has 0 amide bonds. The molecule has 0 saturated carbocycles. The third kappa shape index (κ3) is 5.38. The molecule has 0 N–H and O–H groups in total. The van der Waals surface area contributed by atoms with Gasteiger partial charge in [0, 0.05) is 25.7 Å². The first-order valence-corrected chi connectivity index (χ1v) is 6.57. The van der Waals surface area contributed by atoms with Crippen LogP contribution in [0.3, 0.4) is 0 Å². The lowest BCUT2D eigenvalue weighted by Crippen LogP contribution is -2.59. The van der Waals surface area contributed by atoms with E-state index in [1.807, 2.05) is 0 Å². The Bertz CT molecular complexity index is 523. The average Bonchev–Trinajstić information content (AvgIpc) is 2.43. The van der Waals surface area contributed by atoms with Crippen LogP contribution in [0.5, 0.6) is 0 Å². The summed E-state index contributed by atoms with van der Waals surface area (Å²) in [6.45, 7) is 2.84. The molecule has 128 valence electrons. The number of hydrogen-bond acceptors (Lipinski definition) is 8. The van der Waals surface area contributed by atoms with Crippen molar-refractivity contribution in [3.8, 4) is 0 Å². The van der Waals surface area contributed by atoms with Gasteiger partial charge in [-0.25, -0.2) is 4.39 Å². The van der Waals surface area contributed by atoms with Crippen molar-refractivity contribution in [2.75, 3.05) is 6.61 Å². The van der Waals surface area contributed by atoms with Crippen LogP contribution < -0.4 is 0 Å². The molecule has 0 radical (unpaired) electrons. The Balaban J connectivity index is 3.09. The molecular weight excluding hydrogens is 316 g/mol. The van der Waals surface area contributed by atoms with Crippen LogP contribution >= 0.6 is 0 Å². The molecule has 11 heteroatoms. The maximum absolute atomic E-state index is 14.4. The molecule has 5 atom stereocenters. The van der Waals surface area contributed by atoms with Gasteiger partial charge in [0.1, 0.15) is 12.7 Å². The number of nitrogens with zero attached hydrogens (tertiary/aromatic N) is 3. The Labute approximate surface area is 130 Å². The zero-order valence-electron chi connectivity index (χ0n) is 12.7. The number of halogens is 1. The van der Waals surface area contributed by atoms with E-state index in [4.69, 9.17) is 24.5 Å². The Hall–Kier alpha value is -2.39. The second-order valence-electron chi connectivity index (χ2n) is 4.67. The number of carbonyl (C=O) groups excluding carboxylic acids is 3. The quantitative estimate of drug-likeness (QED) is 0.238. The number of alkyl halides is 1. The van der Waals surface area contributed by atoms with Crippen LogP contribution in [-0.4, -0.2) is 55.2 Å². The van der Waals surface area contributed by atoms with Crippen molar-refractivity contribution in [1.29, 1.82) is 0 Å². The summed E-state index contributed by atoms with van der Waals surface area (Å²) in [5, 5.41) is 3.12. The summed E-state index contributed by atoms with van der Waals surface area (Å²) in [7, 11) is 0. The van der Waals surface area contributed by atoms with Crippen LogP contribution in [0, 0.1) is 0 Å². The van der Waals surface area contributed by atoms with Gasteiger partial charge in [0.2, 0.25) is 0 Å². The van der Waals surface area contributed by atoms with Crippen LogP contribution in [-0.2, 0) is 33.3 Å². The van der Waals surface area contributed by atoms with Gasteiger partial charge >= 0.3 is 17.9 Å². The van der Waals surface area contributed by atoms with Gasteiger partial charge < -0.3 is 18.9 Å². The smallest absolute Gasteiger partial charge is 0.303 e. The van der Waals surface area contributed by atoms with Crippen molar-refractivity contribution in [1.82, 2.24) is 0 Å². The zero-order chi connectivity index (χ0) is 17.6. The molecule has 1 heterocycles. The molecule has 1 unspecified atom stereocenters. The van der Waals surface area contributed by atoms with E-state index in [0.717, 1.165) is 20.8 Å². The van der Waals surface area contributed by atoms with Crippen molar-refractivity contribution in [3.05, 3.63) is 10.4 Å². The number of azide groups is 1. The maximum atomic E-state index is 14.4. The highest BCUT2D eigenvalue weighted by Crippen LogP contribution is 2.29. The normalized spacial score (nSPS) is 29.8. The van der Waals surface area contributed by atoms with Crippen molar-refractivity contribution in [2.24, 2.45) is 5.11 Å². The highest BCUT2D eigenvalue weighted by Gasteiger charge is 2.50. The molecule has 0 aromatic rings. The third-order valence-corrected chi connectivity index (χ3v) is 2.81. The van der Waals surface area contributed by atoms with Gasteiger partial charge in [0.25, 0.3) is 0 Å². The predicted molar refractivity (Wildman–Crippen MR) is 70.4 cm³/mol. The van der Waals surface area contributed by atoms with Crippen LogP contribution in [0.2, 0.25) is 0 Å². The van der Waals surface area contributed by atoms with Gasteiger partial charge in [0.05, 0.1) is 0 Å². The van der Waals surface area contributed by atoms with Crippen molar-refractivity contribution >= 4 is 17.9 Å². The number of ether oxygens (including phenoxy) is 4. The molecule has 0 aromatic carbocycles. The van der Waals surface area contributed by atoms with E-state index in [9.17, 15) is 18.8 Å². The summed E-state index contributed by atoms with van der Waals surface area (Å²) >= 11 is 0. The van der Waals surface area contributed by atoms with Crippen LogP contribution in [0.4, 0.5) is 4.39 Å². The van der Waals surface area contributed by atoms with E-state index in [-0.39, 0.29) is 0 Å². The molecule has 0 aromatic heterocycles. The molecule has 1 saturated heterocycles. The topological polar surface area (TPSA) is 137 Å². The second kappa shape index (κ2) is 8.30. The van der Waals surface area contributed by atoms with Crippen LogP contribution in [0.15, 0.2) is 5.11 Å². The van der Waals surface area contributed by atoms with E-state index in [2.05, 4.69) is 10.0 Å². The molecular formula is C12H16FN3O7. The lowest BCUT2D eigenvalue weighted by Gasteiger charge is -2.40. The molecule has 0 aliphatic carbocycles. The maximum Gasteiger partial charge on any atom is 0.303 e. The molecule has 23 heavy (non-hydrogen) atoms. The van der Waals surface area contributed by atoms with E-state index in [1.165, 1.54) is 0 Å². The Morgan fingerprint density at radius 3 is 2.17 bits per heavy atom. The standard InChI is InChI=1S/C12H16FN3O7/c1-5(17)20-4-8-10(21-6(2)18)11(22-7(3)19)9(13)12(23-8)15-16-14/h8-12H,4H2,1-3H3/t8-,9-,10-,11-,12?/m1/s1/i13-1. The molecule has 1 fully saturated rings. The fraction of sp³-hybridized carbons (Fsp3) is 0.750. The molecule has 0 spiro atoms. The first-order chi connectivity index (χ1) is 10.8. The molecule has 1 aliphatic rings. The van der Waals surface area contributed by atoms with E-state index < -0.39 is 55.2 Å². The van der Waals surface area contributed by atoms with Gasteiger partial charge in [0.15, 0.2) is 24.6 Å². The van der Waals surface area contributed by atoms with E-state index in [0.29, 0.717) is 0 Å². The summed E-state index contributed by atoms with van der Waals surface area (Å²) in [5.74, 6) is -2.26. The van der Waals surface area contributed by atoms with Gasteiger partial charge in [-0.15, -0.1) is 0 Å². The molecule has 10 nitrogen and oxygen atoms in total. The van der Waals surface area contributed by atoms with Gasteiger partial charge in [-0.1, -0.05) is 5.11 Å². The number of esters is 3. The van der Waals surface area contributed by atoms with E-state index >= 15 is 0 Å². The van der Waals surface area contributed by atoms with Crippen molar-refractivity contribution in [2.45, 2.75) is 51.5 Å².